The number of hydrogen-bond donors (Lipinski definition) is 1. The van der Waals surface area contributed by atoms with Gasteiger partial charge in [-0.3, -0.25) is 4.79 Å². The fraction of sp³-hybridized carbons (Fsp3) is 0.0833. The molecular weight excluding hydrogens is 211 g/mol. The fourth-order valence-corrected chi connectivity index (χ4v) is 1.49. The van der Waals surface area contributed by atoms with Gasteiger partial charge >= 0.3 is 0 Å². The van der Waals surface area contributed by atoms with E-state index >= 15 is 0 Å². The minimum absolute atomic E-state index is 0.193. The molecule has 0 radical (unpaired) electrons. The average Bonchev–Trinajstić information content (AvgIpc) is 2.71. The number of furan rings is 1. The molecule has 0 saturated carbocycles. The summed E-state index contributed by atoms with van der Waals surface area (Å²) in [6, 6.07) is 5.61. The van der Waals surface area contributed by atoms with Crippen molar-refractivity contribution in [2.45, 2.75) is 6.92 Å². The van der Waals surface area contributed by atoms with E-state index in [-0.39, 0.29) is 5.76 Å². The molecule has 0 saturated heterocycles. The summed E-state index contributed by atoms with van der Waals surface area (Å²) in [7, 11) is 0. The number of carbonyl (C=O) groups excluding carboxylic acids is 1. The molecule has 0 unspecified atom stereocenters. The fourth-order valence-electron chi connectivity index (χ4n) is 1.49. The Morgan fingerprint density at radius 3 is 2.75 bits per heavy atom. The van der Waals surface area contributed by atoms with Crippen molar-refractivity contribution in [3.8, 4) is 17.1 Å². The van der Waals surface area contributed by atoms with E-state index in [2.05, 4.69) is 0 Å². The molecule has 2 rings (SSSR count). The minimum atomic E-state index is -0.677. The summed E-state index contributed by atoms with van der Waals surface area (Å²) in [5.74, 6) is -0.499. The highest BCUT2D eigenvalue weighted by atomic mass is 19.1. The van der Waals surface area contributed by atoms with Gasteiger partial charge in [0.25, 0.3) is 0 Å². The summed E-state index contributed by atoms with van der Waals surface area (Å²) in [4.78, 5) is 10.5. The Bertz CT molecular complexity index is 543. The van der Waals surface area contributed by atoms with E-state index in [1.54, 1.807) is 13.0 Å². The number of benzene rings is 1. The first-order valence-corrected chi connectivity index (χ1v) is 4.66. The van der Waals surface area contributed by atoms with Crippen molar-refractivity contribution in [3.05, 3.63) is 41.4 Å². The van der Waals surface area contributed by atoms with Crippen LogP contribution < -0.4 is 0 Å². The summed E-state index contributed by atoms with van der Waals surface area (Å²) in [6.45, 7) is 1.70. The molecule has 2 aromatic rings. The number of aromatic hydroxyl groups is 1. The van der Waals surface area contributed by atoms with Crippen LogP contribution in [0.15, 0.2) is 28.7 Å². The number of carbonyl (C=O) groups is 1. The average molecular weight is 220 g/mol. The Morgan fingerprint density at radius 1 is 1.38 bits per heavy atom. The van der Waals surface area contributed by atoms with E-state index in [0.717, 1.165) is 0 Å². The number of aryl methyl sites for hydroxylation is 1. The molecule has 82 valence electrons. The number of phenolic OH excluding ortho intramolecular Hbond substituents is 1. The standard InChI is InChI=1S/C12H9FO3/c1-7-4-10(13)11(15)5-9(7)12-3-2-8(6-14)16-12/h2-6,15H,1H3. The van der Waals surface area contributed by atoms with Gasteiger partial charge in [0.05, 0.1) is 0 Å². The lowest BCUT2D eigenvalue weighted by Crippen LogP contribution is -1.85. The molecule has 0 aliphatic heterocycles. The highest BCUT2D eigenvalue weighted by Crippen LogP contribution is 2.30. The molecule has 0 spiro atoms. The van der Waals surface area contributed by atoms with Gasteiger partial charge in [0, 0.05) is 5.56 Å². The van der Waals surface area contributed by atoms with E-state index in [1.165, 1.54) is 18.2 Å². The highest BCUT2D eigenvalue weighted by Gasteiger charge is 2.11. The topological polar surface area (TPSA) is 50.4 Å². The molecule has 0 fully saturated rings. The second kappa shape index (κ2) is 3.81. The zero-order chi connectivity index (χ0) is 11.7. The molecule has 0 atom stereocenters. The monoisotopic (exact) mass is 220 g/mol. The van der Waals surface area contributed by atoms with Crippen molar-refractivity contribution in [2.75, 3.05) is 0 Å². The van der Waals surface area contributed by atoms with Crippen LogP contribution in [0.5, 0.6) is 5.75 Å². The van der Waals surface area contributed by atoms with Gasteiger partial charge < -0.3 is 9.52 Å². The second-order valence-electron chi connectivity index (χ2n) is 3.44. The maximum atomic E-state index is 13.0. The highest BCUT2D eigenvalue weighted by molar-refractivity contribution is 5.73. The van der Waals surface area contributed by atoms with Gasteiger partial charge in [-0.25, -0.2) is 4.39 Å². The van der Waals surface area contributed by atoms with Crippen molar-refractivity contribution in [2.24, 2.45) is 0 Å². The first-order valence-electron chi connectivity index (χ1n) is 4.66. The molecule has 0 amide bonds. The lowest BCUT2D eigenvalue weighted by atomic mass is 10.1. The van der Waals surface area contributed by atoms with Crippen molar-refractivity contribution in [3.63, 3.8) is 0 Å². The van der Waals surface area contributed by atoms with Crippen LogP contribution in [0.3, 0.4) is 0 Å². The summed E-state index contributed by atoms with van der Waals surface area (Å²) in [5, 5.41) is 9.26. The van der Waals surface area contributed by atoms with Crippen molar-refractivity contribution in [1.29, 1.82) is 0 Å². The van der Waals surface area contributed by atoms with E-state index in [4.69, 9.17) is 4.42 Å². The van der Waals surface area contributed by atoms with E-state index in [1.807, 2.05) is 0 Å². The van der Waals surface area contributed by atoms with Crippen LogP contribution in [-0.4, -0.2) is 11.4 Å². The van der Waals surface area contributed by atoms with Gasteiger partial charge in [0.2, 0.25) is 0 Å². The predicted molar refractivity (Wildman–Crippen MR) is 55.9 cm³/mol. The maximum Gasteiger partial charge on any atom is 0.185 e. The lowest BCUT2D eigenvalue weighted by Gasteiger charge is -2.04. The van der Waals surface area contributed by atoms with Crippen molar-refractivity contribution in [1.82, 2.24) is 0 Å². The summed E-state index contributed by atoms with van der Waals surface area (Å²) in [6.07, 6.45) is 0.586. The van der Waals surface area contributed by atoms with E-state index in [9.17, 15) is 14.3 Å². The summed E-state index contributed by atoms with van der Waals surface area (Å²) < 4.78 is 18.2. The van der Waals surface area contributed by atoms with Gasteiger partial charge in [0.15, 0.2) is 23.6 Å². The molecule has 4 heteroatoms. The summed E-state index contributed by atoms with van der Waals surface area (Å²) in [5.41, 5.74) is 1.19. The molecule has 1 N–H and O–H groups in total. The molecule has 0 aliphatic rings. The molecule has 16 heavy (non-hydrogen) atoms. The number of halogens is 1. The van der Waals surface area contributed by atoms with Gasteiger partial charge in [-0.05, 0) is 36.8 Å². The predicted octanol–water partition coefficient (Wildman–Crippen LogP) is 2.91. The zero-order valence-electron chi connectivity index (χ0n) is 8.53. The molecule has 3 nitrogen and oxygen atoms in total. The SMILES string of the molecule is Cc1cc(F)c(O)cc1-c1ccc(C=O)o1. The molecular formula is C12H9FO3. The molecule has 1 aromatic carbocycles. The van der Waals surface area contributed by atoms with Crippen LogP contribution in [0.4, 0.5) is 4.39 Å². The third-order valence-corrected chi connectivity index (χ3v) is 2.30. The Balaban J connectivity index is 2.55. The Hall–Kier alpha value is -2.10. The molecule has 1 aromatic heterocycles. The largest absolute Gasteiger partial charge is 0.505 e. The lowest BCUT2D eigenvalue weighted by molar-refractivity contribution is 0.110. The molecule has 0 aliphatic carbocycles. The Labute approximate surface area is 91.1 Å². The van der Waals surface area contributed by atoms with Crippen LogP contribution >= 0.6 is 0 Å². The van der Waals surface area contributed by atoms with Crippen LogP contribution in [-0.2, 0) is 0 Å². The maximum absolute atomic E-state index is 13.0. The smallest absolute Gasteiger partial charge is 0.185 e. The minimum Gasteiger partial charge on any atom is -0.505 e. The van der Waals surface area contributed by atoms with E-state index in [0.29, 0.717) is 23.2 Å². The Kier molecular flexibility index (Phi) is 2.48. The molecule has 1 heterocycles. The van der Waals surface area contributed by atoms with Gasteiger partial charge in [-0.2, -0.15) is 0 Å². The van der Waals surface area contributed by atoms with E-state index < -0.39 is 11.6 Å². The third kappa shape index (κ3) is 1.69. The van der Waals surface area contributed by atoms with Crippen LogP contribution in [0.1, 0.15) is 16.1 Å². The van der Waals surface area contributed by atoms with Crippen LogP contribution in [0.25, 0.3) is 11.3 Å². The number of aldehydes is 1. The molecule has 0 bridgehead atoms. The number of rotatable bonds is 2. The van der Waals surface area contributed by atoms with Gasteiger partial charge in [-0.1, -0.05) is 0 Å². The Morgan fingerprint density at radius 2 is 2.12 bits per heavy atom. The number of phenols is 1. The number of hydrogen-bond acceptors (Lipinski definition) is 3. The van der Waals surface area contributed by atoms with Crippen LogP contribution in [0, 0.1) is 12.7 Å². The van der Waals surface area contributed by atoms with Gasteiger partial charge in [0.1, 0.15) is 5.76 Å². The normalized spacial score (nSPS) is 10.4. The van der Waals surface area contributed by atoms with Gasteiger partial charge in [-0.15, -0.1) is 0 Å². The first-order chi connectivity index (χ1) is 7.61. The van der Waals surface area contributed by atoms with Crippen molar-refractivity contribution >= 4 is 6.29 Å². The quantitative estimate of drug-likeness (QED) is 0.791. The first kappa shape index (κ1) is 10.4. The third-order valence-electron chi connectivity index (χ3n) is 2.30. The van der Waals surface area contributed by atoms with Crippen LogP contribution in [0.2, 0.25) is 0 Å². The zero-order valence-corrected chi connectivity index (χ0v) is 8.53. The summed E-state index contributed by atoms with van der Waals surface area (Å²) >= 11 is 0. The second-order valence-corrected chi connectivity index (χ2v) is 3.44. The van der Waals surface area contributed by atoms with Crippen molar-refractivity contribution < 1.29 is 18.7 Å².